The fourth-order valence-electron chi connectivity index (χ4n) is 2.91. The van der Waals surface area contributed by atoms with Gasteiger partial charge >= 0.3 is 0 Å². The Morgan fingerprint density at radius 2 is 2.20 bits per heavy atom. The first kappa shape index (κ1) is 17.3. The van der Waals surface area contributed by atoms with Crippen LogP contribution in [0.25, 0.3) is 0 Å². The molecule has 0 radical (unpaired) electrons. The molecule has 1 atom stereocenters. The molecule has 3 rings (SSSR count). The average Bonchev–Trinajstić information content (AvgIpc) is 3.17. The van der Waals surface area contributed by atoms with Crippen LogP contribution in [0.2, 0.25) is 0 Å². The van der Waals surface area contributed by atoms with Crippen molar-refractivity contribution in [2.45, 2.75) is 25.3 Å². The minimum absolute atomic E-state index is 0.237. The van der Waals surface area contributed by atoms with Gasteiger partial charge in [0, 0.05) is 19.0 Å². The third-order valence-electron chi connectivity index (χ3n) is 4.30. The van der Waals surface area contributed by atoms with E-state index in [0.717, 1.165) is 31.5 Å². The standard InChI is InChI=1S/C18H23N3O4/c1-23-15-6-5-12(8-16(15)24-2)9-20-17(22)14-11-25-18(21-14)13-4-3-7-19-10-13/h5-6,8,11,13,19H,3-4,7,9-10H2,1-2H3,(H,20,22). The van der Waals surface area contributed by atoms with E-state index < -0.39 is 0 Å². The molecule has 1 aliphatic heterocycles. The van der Waals surface area contributed by atoms with Crippen LogP contribution >= 0.6 is 0 Å². The molecule has 1 aliphatic rings. The Labute approximate surface area is 146 Å². The second-order valence-corrected chi connectivity index (χ2v) is 5.99. The van der Waals surface area contributed by atoms with E-state index in [1.54, 1.807) is 14.2 Å². The number of hydrogen-bond acceptors (Lipinski definition) is 6. The van der Waals surface area contributed by atoms with Crippen LogP contribution in [0.1, 0.15) is 40.7 Å². The van der Waals surface area contributed by atoms with Gasteiger partial charge in [0.1, 0.15) is 6.26 Å². The number of hydrogen-bond donors (Lipinski definition) is 2. The van der Waals surface area contributed by atoms with Crippen LogP contribution in [0.4, 0.5) is 0 Å². The summed E-state index contributed by atoms with van der Waals surface area (Å²) in [7, 11) is 3.17. The van der Waals surface area contributed by atoms with Crippen LogP contribution in [0.5, 0.6) is 11.5 Å². The highest BCUT2D eigenvalue weighted by molar-refractivity contribution is 5.91. The number of amides is 1. The first-order valence-corrected chi connectivity index (χ1v) is 8.36. The van der Waals surface area contributed by atoms with Crippen molar-refractivity contribution in [1.29, 1.82) is 0 Å². The molecule has 1 aromatic heterocycles. The summed E-state index contributed by atoms with van der Waals surface area (Å²) in [4.78, 5) is 16.6. The SMILES string of the molecule is COc1ccc(CNC(=O)c2coc(C3CCCNC3)n2)cc1OC. The minimum atomic E-state index is -0.256. The molecular weight excluding hydrogens is 322 g/mol. The number of carbonyl (C=O) groups excluding carboxylic acids is 1. The Bertz CT molecular complexity index is 723. The average molecular weight is 345 g/mol. The predicted octanol–water partition coefficient (Wildman–Crippen LogP) is 2.09. The summed E-state index contributed by atoms with van der Waals surface area (Å²) in [5, 5.41) is 6.16. The molecule has 1 aromatic carbocycles. The Hall–Kier alpha value is -2.54. The van der Waals surface area contributed by atoms with Crippen molar-refractivity contribution in [1.82, 2.24) is 15.6 Å². The Kier molecular flexibility index (Phi) is 5.55. The second-order valence-electron chi connectivity index (χ2n) is 5.99. The van der Waals surface area contributed by atoms with E-state index in [1.165, 1.54) is 6.26 Å². The lowest BCUT2D eigenvalue weighted by atomic mass is 10.00. The molecule has 0 bridgehead atoms. The third kappa shape index (κ3) is 4.11. The highest BCUT2D eigenvalue weighted by atomic mass is 16.5. The number of piperidine rings is 1. The van der Waals surface area contributed by atoms with Crippen LogP contribution < -0.4 is 20.1 Å². The van der Waals surface area contributed by atoms with Gasteiger partial charge in [-0.25, -0.2) is 4.98 Å². The largest absolute Gasteiger partial charge is 0.493 e. The summed E-state index contributed by atoms with van der Waals surface area (Å²) in [5.41, 5.74) is 1.22. The predicted molar refractivity (Wildman–Crippen MR) is 92.1 cm³/mol. The van der Waals surface area contributed by atoms with Gasteiger partial charge in [-0.3, -0.25) is 4.79 Å². The van der Waals surface area contributed by atoms with Crippen molar-refractivity contribution in [3.8, 4) is 11.5 Å². The van der Waals surface area contributed by atoms with Gasteiger partial charge in [-0.15, -0.1) is 0 Å². The molecule has 0 aliphatic carbocycles. The molecule has 1 fully saturated rings. The molecule has 7 heteroatoms. The van der Waals surface area contributed by atoms with Gasteiger partial charge in [0.2, 0.25) is 0 Å². The number of oxazole rings is 1. The number of ether oxygens (including phenoxy) is 2. The molecule has 1 saturated heterocycles. The molecule has 134 valence electrons. The quantitative estimate of drug-likeness (QED) is 0.834. The van der Waals surface area contributed by atoms with Gasteiger partial charge in [-0.1, -0.05) is 6.07 Å². The fraction of sp³-hybridized carbons (Fsp3) is 0.444. The maximum absolute atomic E-state index is 12.3. The lowest BCUT2D eigenvalue weighted by Gasteiger charge is -2.19. The zero-order valence-electron chi connectivity index (χ0n) is 14.5. The number of carbonyl (C=O) groups is 1. The van der Waals surface area contributed by atoms with Gasteiger partial charge in [-0.2, -0.15) is 0 Å². The van der Waals surface area contributed by atoms with Crippen molar-refractivity contribution in [3.63, 3.8) is 0 Å². The van der Waals surface area contributed by atoms with Crippen molar-refractivity contribution in [3.05, 3.63) is 41.6 Å². The highest BCUT2D eigenvalue weighted by Crippen LogP contribution is 2.27. The minimum Gasteiger partial charge on any atom is -0.493 e. The zero-order chi connectivity index (χ0) is 17.6. The molecule has 25 heavy (non-hydrogen) atoms. The van der Waals surface area contributed by atoms with Crippen LogP contribution in [0, 0.1) is 0 Å². The van der Waals surface area contributed by atoms with Gasteiger partial charge < -0.3 is 24.5 Å². The van der Waals surface area contributed by atoms with Crippen LogP contribution in [-0.2, 0) is 6.54 Å². The summed E-state index contributed by atoms with van der Waals surface area (Å²) in [6.07, 6.45) is 3.54. The molecule has 2 heterocycles. The number of nitrogens with zero attached hydrogens (tertiary/aromatic N) is 1. The van der Waals surface area contributed by atoms with Gasteiger partial charge in [-0.05, 0) is 37.1 Å². The number of nitrogens with one attached hydrogen (secondary N) is 2. The van der Waals surface area contributed by atoms with Crippen molar-refractivity contribution in [2.24, 2.45) is 0 Å². The molecule has 2 aromatic rings. The maximum atomic E-state index is 12.3. The first-order valence-electron chi connectivity index (χ1n) is 8.36. The van der Waals surface area contributed by atoms with Crippen molar-refractivity contribution < 1.29 is 18.7 Å². The fourth-order valence-corrected chi connectivity index (χ4v) is 2.91. The summed E-state index contributed by atoms with van der Waals surface area (Å²) in [6, 6.07) is 5.52. The number of aromatic nitrogens is 1. The molecule has 2 N–H and O–H groups in total. The summed E-state index contributed by atoms with van der Waals surface area (Å²) < 4.78 is 16.0. The molecule has 1 unspecified atom stereocenters. The van der Waals surface area contributed by atoms with E-state index in [9.17, 15) is 4.79 Å². The molecule has 1 amide bonds. The van der Waals surface area contributed by atoms with Gasteiger partial charge in [0.25, 0.3) is 5.91 Å². The van der Waals surface area contributed by atoms with E-state index >= 15 is 0 Å². The summed E-state index contributed by atoms with van der Waals surface area (Å²) >= 11 is 0. The Morgan fingerprint density at radius 1 is 1.36 bits per heavy atom. The topological polar surface area (TPSA) is 85.6 Å². The highest BCUT2D eigenvalue weighted by Gasteiger charge is 2.21. The van der Waals surface area contributed by atoms with E-state index in [1.807, 2.05) is 18.2 Å². The lowest BCUT2D eigenvalue weighted by molar-refractivity contribution is 0.0946. The van der Waals surface area contributed by atoms with Crippen LogP contribution in [0.15, 0.2) is 28.9 Å². The van der Waals surface area contributed by atoms with E-state index in [4.69, 9.17) is 13.9 Å². The summed E-state index contributed by atoms with van der Waals surface area (Å²) in [5.74, 6) is 1.89. The smallest absolute Gasteiger partial charge is 0.273 e. The second kappa shape index (κ2) is 8.02. The Balaban J connectivity index is 1.60. The molecule has 0 spiro atoms. The van der Waals surface area contributed by atoms with Crippen molar-refractivity contribution >= 4 is 5.91 Å². The monoisotopic (exact) mass is 345 g/mol. The maximum Gasteiger partial charge on any atom is 0.273 e. The molecule has 7 nitrogen and oxygen atoms in total. The molecule has 0 saturated carbocycles. The number of rotatable bonds is 6. The normalized spacial score (nSPS) is 17.1. The lowest BCUT2D eigenvalue weighted by Crippen LogP contribution is -2.28. The van der Waals surface area contributed by atoms with Crippen LogP contribution in [-0.4, -0.2) is 38.2 Å². The number of methoxy groups -OCH3 is 2. The zero-order valence-corrected chi connectivity index (χ0v) is 14.5. The molecular formula is C18H23N3O4. The Morgan fingerprint density at radius 3 is 2.92 bits per heavy atom. The van der Waals surface area contributed by atoms with E-state index in [2.05, 4.69) is 15.6 Å². The van der Waals surface area contributed by atoms with Crippen molar-refractivity contribution in [2.75, 3.05) is 27.3 Å². The van der Waals surface area contributed by atoms with Gasteiger partial charge in [0.05, 0.1) is 14.2 Å². The third-order valence-corrected chi connectivity index (χ3v) is 4.30. The van der Waals surface area contributed by atoms with E-state index in [-0.39, 0.29) is 11.8 Å². The van der Waals surface area contributed by atoms with E-state index in [0.29, 0.717) is 29.6 Å². The first-order chi connectivity index (χ1) is 12.2. The van der Waals surface area contributed by atoms with Crippen LogP contribution in [0.3, 0.4) is 0 Å². The summed E-state index contributed by atoms with van der Waals surface area (Å²) in [6.45, 7) is 2.23. The number of benzene rings is 1. The van der Waals surface area contributed by atoms with Gasteiger partial charge in [0.15, 0.2) is 23.1 Å².